The van der Waals surface area contributed by atoms with Crippen molar-refractivity contribution in [3.63, 3.8) is 0 Å². The van der Waals surface area contributed by atoms with Gasteiger partial charge in [0, 0.05) is 32.7 Å². The van der Waals surface area contributed by atoms with Gasteiger partial charge in [-0.2, -0.15) is 0 Å². The molecule has 1 aliphatic rings. The molecule has 160 valence electrons. The predicted octanol–water partition coefficient (Wildman–Crippen LogP) is 3.60. The number of hydrogen-bond donors (Lipinski definition) is 1. The number of amides is 2. The van der Waals surface area contributed by atoms with Crippen LogP contribution in [0, 0.1) is 0 Å². The van der Waals surface area contributed by atoms with Gasteiger partial charge in [-0.1, -0.05) is 60.7 Å². The topological polar surface area (TPSA) is 61.9 Å². The van der Waals surface area contributed by atoms with Gasteiger partial charge in [0.2, 0.25) is 5.91 Å². The zero-order valence-corrected chi connectivity index (χ0v) is 18.0. The molecule has 0 unspecified atom stereocenters. The van der Waals surface area contributed by atoms with Gasteiger partial charge < -0.3 is 15.0 Å². The molecule has 30 heavy (non-hydrogen) atoms. The first-order valence-corrected chi connectivity index (χ1v) is 10.4. The molecule has 0 aliphatic carbocycles. The molecule has 1 aliphatic heterocycles. The Balaban J connectivity index is 1.66. The standard InChI is InChI=1S/C24H31N3O3/c1-24(2,3)30-23(29)27-16-14-26(15-17-27)21(20-12-8-5-9-13-20)22(28)25-18-19-10-6-4-7-11-19/h4-13,21H,14-18H2,1-3H3,(H,25,28)/t21-/m0/s1. The van der Waals surface area contributed by atoms with E-state index >= 15 is 0 Å². The zero-order chi connectivity index (χ0) is 21.6. The van der Waals surface area contributed by atoms with Crippen LogP contribution in [0.3, 0.4) is 0 Å². The minimum atomic E-state index is -0.516. The number of benzene rings is 2. The Kier molecular flexibility index (Phi) is 7.11. The van der Waals surface area contributed by atoms with Gasteiger partial charge in [-0.05, 0) is 31.9 Å². The van der Waals surface area contributed by atoms with Crippen LogP contribution in [0.2, 0.25) is 0 Å². The third-order valence-electron chi connectivity index (χ3n) is 5.00. The Labute approximate surface area is 178 Å². The highest BCUT2D eigenvalue weighted by Crippen LogP contribution is 2.23. The van der Waals surface area contributed by atoms with Gasteiger partial charge in [-0.3, -0.25) is 9.69 Å². The molecule has 0 spiro atoms. The Morgan fingerprint density at radius 3 is 2.07 bits per heavy atom. The summed E-state index contributed by atoms with van der Waals surface area (Å²) in [5.41, 5.74) is 1.50. The van der Waals surface area contributed by atoms with E-state index < -0.39 is 11.6 Å². The molecule has 0 radical (unpaired) electrons. The normalized spacial score (nSPS) is 16.0. The molecular weight excluding hydrogens is 378 g/mol. The lowest BCUT2D eigenvalue weighted by Gasteiger charge is -2.39. The van der Waals surface area contributed by atoms with Crippen LogP contribution in [-0.4, -0.2) is 53.6 Å². The molecule has 0 aromatic heterocycles. The first kappa shape index (κ1) is 21.8. The molecule has 1 fully saturated rings. The molecule has 1 N–H and O–H groups in total. The van der Waals surface area contributed by atoms with Crippen molar-refractivity contribution in [3.8, 4) is 0 Å². The molecule has 6 nitrogen and oxygen atoms in total. The second-order valence-electron chi connectivity index (χ2n) is 8.52. The summed E-state index contributed by atoms with van der Waals surface area (Å²) >= 11 is 0. The lowest BCUT2D eigenvalue weighted by atomic mass is 10.0. The van der Waals surface area contributed by atoms with E-state index in [-0.39, 0.29) is 12.0 Å². The summed E-state index contributed by atoms with van der Waals surface area (Å²) in [5.74, 6) is -0.0317. The molecule has 1 atom stereocenters. The molecule has 1 heterocycles. The third-order valence-corrected chi connectivity index (χ3v) is 5.00. The number of rotatable bonds is 5. The smallest absolute Gasteiger partial charge is 0.410 e. The molecule has 0 saturated carbocycles. The number of carbonyl (C=O) groups is 2. The molecule has 6 heteroatoms. The van der Waals surface area contributed by atoms with E-state index in [0.29, 0.717) is 32.7 Å². The third kappa shape index (κ3) is 6.07. The molecular formula is C24H31N3O3. The molecule has 2 aromatic carbocycles. The van der Waals surface area contributed by atoms with Crippen molar-refractivity contribution in [1.82, 2.24) is 15.1 Å². The lowest BCUT2D eigenvalue weighted by Crippen LogP contribution is -2.53. The van der Waals surface area contributed by atoms with Gasteiger partial charge in [0.15, 0.2) is 0 Å². The van der Waals surface area contributed by atoms with Crippen LogP contribution >= 0.6 is 0 Å². The average Bonchev–Trinajstić information content (AvgIpc) is 2.73. The minimum Gasteiger partial charge on any atom is -0.444 e. The maximum atomic E-state index is 13.2. The van der Waals surface area contributed by atoms with Gasteiger partial charge in [-0.15, -0.1) is 0 Å². The van der Waals surface area contributed by atoms with Crippen LogP contribution in [0.5, 0.6) is 0 Å². The number of nitrogens with one attached hydrogen (secondary N) is 1. The number of hydrogen-bond acceptors (Lipinski definition) is 4. The summed E-state index contributed by atoms with van der Waals surface area (Å²) in [4.78, 5) is 29.4. The van der Waals surface area contributed by atoms with E-state index in [1.165, 1.54) is 0 Å². The largest absolute Gasteiger partial charge is 0.444 e. The minimum absolute atomic E-state index is 0.0317. The fourth-order valence-corrected chi connectivity index (χ4v) is 3.53. The predicted molar refractivity (Wildman–Crippen MR) is 117 cm³/mol. The molecule has 1 saturated heterocycles. The number of piperazine rings is 1. The van der Waals surface area contributed by atoms with E-state index in [2.05, 4.69) is 10.2 Å². The summed E-state index contributed by atoms with van der Waals surface area (Å²) in [6.07, 6.45) is -0.299. The van der Waals surface area contributed by atoms with Gasteiger partial charge in [0.1, 0.15) is 11.6 Å². The van der Waals surface area contributed by atoms with E-state index in [1.54, 1.807) is 4.90 Å². The van der Waals surface area contributed by atoms with Crippen LogP contribution in [-0.2, 0) is 16.1 Å². The number of nitrogens with zero attached hydrogens (tertiary/aromatic N) is 2. The van der Waals surface area contributed by atoms with E-state index in [9.17, 15) is 9.59 Å². The average molecular weight is 410 g/mol. The van der Waals surface area contributed by atoms with Crippen LogP contribution in [0.15, 0.2) is 60.7 Å². The summed E-state index contributed by atoms with van der Waals surface area (Å²) in [7, 11) is 0. The lowest BCUT2D eigenvalue weighted by molar-refractivity contribution is -0.127. The Morgan fingerprint density at radius 1 is 0.933 bits per heavy atom. The van der Waals surface area contributed by atoms with Gasteiger partial charge in [0.05, 0.1) is 0 Å². The van der Waals surface area contributed by atoms with Crippen molar-refractivity contribution in [3.05, 3.63) is 71.8 Å². The Morgan fingerprint density at radius 2 is 1.50 bits per heavy atom. The summed E-state index contributed by atoms with van der Waals surface area (Å²) in [6.45, 7) is 8.36. The maximum Gasteiger partial charge on any atom is 0.410 e. The van der Waals surface area contributed by atoms with Gasteiger partial charge >= 0.3 is 6.09 Å². The highest BCUT2D eigenvalue weighted by Gasteiger charge is 2.32. The summed E-state index contributed by atoms with van der Waals surface area (Å²) in [5, 5.41) is 3.07. The highest BCUT2D eigenvalue weighted by atomic mass is 16.6. The highest BCUT2D eigenvalue weighted by molar-refractivity contribution is 5.83. The quantitative estimate of drug-likeness (QED) is 0.820. The van der Waals surface area contributed by atoms with Crippen LogP contribution in [0.25, 0.3) is 0 Å². The van der Waals surface area contributed by atoms with Gasteiger partial charge in [-0.25, -0.2) is 4.79 Å². The molecule has 0 bridgehead atoms. The Bertz CT molecular complexity index is 826. The van der Waals surface area contributed by atoms with Crippen molar-refractivity contribution in [2.75, 3.05) is 26.2 Å². The first-order valence-electron chi connectivity index (χ1n) is 10.4. The van der Waals surface area contributed by atoms with Crippen LogP contribution in [0.4, 0.5) is 4.79 Å². The van der Waals surface area contributed by atoms with Crippen LogP contribution < -0.4 is 5.32 Å². The van der Waals surface area contributed by atoms with E-state index in [0.717, 1.165) is 11.1 Å². The summed E-state index contributed by atoms with van der Waals surface area (Å²) in [6, 6.07) is 19.3. The maximum absolute atomic E-state index is 13.2. The van der Waals surface area contributed by atoms with Crippen molar-refractivity contribution in [2.45, 2.75) is 39.0 Å². The van der Waals surface area contributed by atoms with Crippen molar-refractivity contribution in [2.24, 2.45) is 0 Å². The van der Waals surface area contributed by atoms with E-state index in [4.69, 9.17) is 4.74 Å². The van der Waals surface area contributed by atoms with E-state index in [1.807, 2.05) is 81.4 Å². The second-order valence-corrected chi connectivity index (χ2v) is 8.52. The first-order chi connectivity index (χ1) is 14.3. The second kappa shape index (κ2) is 9.76. The summed E-state index contributed by atoms with van der Waals surface area (Å²) < 4.78 is 5.48. The fraction of sp³-hybridized carbons (Fsp3) is 0.417. The monoisotopic (exact) mass is 409 g/mol. The SMILES string of the molecule is CC(C)(C)OC(=O)N1CCN([C@H](C(=O)NCc2ccccc2)c2ccccc2)CC1. The molecule has 2 amide bonds. The Hall–Kier alpha value is -2.86. The fourth-order valence-electron chi connectivity index (χ4n) is 3.53. The molecule has 3 rings (SSSR count). The van der Waals surface area contributed by atoms with Crippen molar-refractivity contribution in [1.29, 1.82) is 0 Å². The zero-order valence-electron chi connectivity index (χ0n) is 18.0. The van der Waals surface area contributed by atoms with Crippen LogP contribution in [0.1, 0.15) is 37.9 Å². The number of carbonyl (C=O) groups excluding carboxylic acids is 2. The van der Waals surface area contributed by atoms with Crippen molar-refractivity contribution >= 4 is 12.0 Å². The van der Waals surface area contributed by atoms with Gasteiger partial charge in [0.25, 0.3) is 0 Å². The van der Waals surface area contributed by atoms with Crippen molar-refractivity contribution < 1.29 is 14.3 Å². The molecule has 2 aromatic rings. The number of ether oxygens (including phenoxy) is 1.